The molecule has 0 unspecified atom stereocenters. The summed E-state index contributed by atoms with van der Waals surface area (Å²) in [5, 5.41) is 21.4. The first-order valence-corrected chi connectivity index (χ1v) is 11.6. The normalized spacial score (nSPS) is 16.6. The highest BCUT2D eigenvalue weighted by molar-refractivity contribution is 5.79. The molecule has 0 heterocycles. The number of hydrogen-bond donors (Lipinski definition) is 1. The zero-order valence-electron chi connectivity index (χ0n) is 19.1. The van der Waals surface area contributed by atoms with Crippen LogP contribution in [-0.4, -0.2) is 37.2 Å². The lowest BCUT2D eigenvalue weighted by Crippen LogP contribution is -2.40. The van der Waals surface area contributed by atoms with Crippen LogP contribution in [0.4, 0.5) is 0 Å². The van der Waals surface area contributed by atoms with Gasteiger partial charge in [-0.05, 0) is 45.1 Å². The number of ether oxygens (including phenoxy) is 2. The second kappa shape index (κ2) is 16.3. The van der Waals surface area contributed by atoms with Gasteiger partial charge < -0.3 is 14.8 Å². The molecule has 2 aliphatic rings. The second-order valence-electron chi connectivity index (χ2n) is 8.00. The van der Waals surface area contributed by atoms with E-state index in [1.54, 1.807) is 26.0 Å². The molecule has 0 aromatic heterocycles. The van der Waals surface area contributed by atoms with E-state index in [4.69, 9.17) is 20.0 Å². The van der Waals surface area contributed by atoms with E-state index in [1.807, 2.05) is 0 Å². The van der Waals surface area contributed by atoms with Gasteiger partial charge in [-0.2, -0.15) is 10.5 Å². The molecule has 7 nitrogen and oxygen atoms in total. The Kier molecular flexibility index (Phi) is 14.0. The van der Waals surface area contributed by atoms with Crippen LogP contribution in [0.15, 0.2) is 11.1 Å². The quantitative estimate of drug-likeness (QED) is 0.445. The third-order valence-electron chi connectivity index (χ3n) is 5.59. The summed E-state index contributed by atoms with van der Waals surface area (Å²) in [7, 11) is 0. The lowest BCUT2D eigenvalue weighted by molar-refractivity contribution is -0.143. The maximum atomic E-state index is 11.3. The molecule has 0 bridgehead atoms. The highest BCUT2D eigenvalue weighted by Gasteiger charge is 2.19. The number of nitrogens with one attached hydrogen (secondary N) is 1. The molecule has 172 valence electrons. The predicted octanol–water partition coefficient (Wildman–Crippen LogP) is 4.48. The number of nitriles is 2. The molecule has 0 atom stereocenters. The van der Waals surface area contributed by atoms with E-state index < -0.39 is 11.9 Å². The molecule has 0 aromatic rings. The van der Waals surface area contributed by atoms with Crippen molar-refractivity contribution in [1.29, 1.82) is 10.5 Å². The van der Waals surface area contributed by atoms with E-state index in [0.717, 1.165) is 12.1 Å². The van der Waals surface area contributed by atoms with Crippen molar-refractivity contribution in [2.24, 2.45) is 0 Å². The Labute approximate surface area is 186 Å². The van der Waals surface area contributed by atoms with Crippen LogP contribution < -0.4 is 5.32 Å². The van der Waals surface area contributed by atoms with Crippen LogP contribution >= 0.6 is 0 Å². The largest absolute Gasteiger partial charge is 0.466 e. The van der Waals surface area contributed by atoms with E-state index in [9.17, 15) is 9.59 Å². The van der Waals surface area contributed by atoms with Gasteiger partial charge in [-0.3, -0.25) is 9.59 Å². The van der Waals surface area contributed by atoms with E-state index in [2.05, 4.69) is 5.32 Å². The zero-order chi connectivity index (χ0) is 22.9. The van der Waals surface area contributed by atoms with Crippen LogP contribution in [0.3, 0.4) is 0 Å². The molecule has 2 saturated carbocycles. The van der Waals surface area contributed by atoms with Gasteiger partial charge in [0.1, 0.15) is 17.7 Å². The third-order valence-corrected chi connectivity index (χ3v) is 5.59. The Bertz CT molecular complexity index is 609. The molecule has 0 spiro atoms. The monoisotopic (exact) mass is 431 g/mol. The molecule has 0 amide bonds. The molecule has 2 rings (SSSR count). The average Bonchev–Trinajstić information content (AvgIpc) is 2.77. The predicted molar refractivity (Wildman–Crippen MR) is 118 cm³/mol. The van der Waals surface area contributed by atoms with Gasteiger partial charge in [0.15, 0.2) is 0 Å². The minimum atomic E-state index is -0.584. The van der Waals surface area contributed by atoms with Crippen molar-refractivity contribution in [3.8, 4) is 12.1 Å². The number of esters is 2. The standard InChI is InChI=1S/C12H14N2O4.C12H23N/c1-3-17-11(15)5-9(10(7-13)8-14)6-12(16)18-4-2;1-3-7-11(8-4-1)13-12-9-5-2-6-10-12/h3-6H2,1-2H3;11-13H,1-10H2. The Hall–Kier alpha value is -2.38. The van der Waals surface area contributed by atoms with Crippen molar-refractivity contribution in [2.75, 3.05) is 13.2 Å². The van der Waals surface area contributed by atoms with Crippen molar-refractivity contribution in [3.05, 3.63) is 11.1 Å². The third kappa shape index (κ3) is 11.5. The van der Waals surface area contributed by atoms with E-state index in [1.165, 1.54) is 64.2 Å². The van der Waals surface area contributed by atoms with E-state index in [0.29, 0.717) is 0 Å². The molecule has 7 heteroatoms. The van der Waals surface area contributed by atoms with Gasteiger partial charge in [-0.15, -0.1) is 0 Å². The summed E-state index contributed by atoms with van der Waals surface area (Å²) < 4.78 is 9.42. The first-order valence-electron chi connectivity index (χ1n) is 11.6. The molecular formula is C24H37N3O4. The summed E-state index contributed by atoms with van der Waals surface area (Å²) in [5.74, 6) is -1.17. The van der Waals surface area contributed by atoms with Gasteiger partial charge in [0.2, 0.25) is 0 Å². The lowest BCUT2D eigenvalue weighted by Gasteiger charge is -2.30. The van der Waals surface area contributed by atoms with Crippen molar-refractivity contribution in [3.63, 3.8) is 0 Å². The summed E-state index contributed by atoms with van der Waals surface area (Å²) in [6, 6.07) is 5.04. The van der Waals surface area contributed by atoms with Crippen LogP contribution in [0.1, 0.15) is 90.9 Å². The summed E-state index contributed by atoms with van der Waals surface area (Å²) in [6.45, 7) is 3.67. The first kappa shape index (κ1) is 26.7. The fraction of sp³-hybridized carbons (Fsp3) is 0.750. The van der Waals surface area contributed by atoms with Crippen molar-refractivity contribution in [1.82, 2.24) is 5.32 Å². The molecule has 0 radical (unpaired) electrons. The highest BCUT2D eigenvalue weighted by Crippen LogP contribution is 2.22. The SMILES string of the molecule is C1CCC(NC2CCCCC2)CC1.CCOC(=O)CC(CC(=O)OCC)=C(C#N)C#N. The number of hydrogen-bond acceptors (Lipinski definition) is 7. The molecule has 2 fully saturated rings. The van der Waals surface area contributed by atoms with Gasteiger partial charge in [0.25, 0.3) is 0 Å². The number of carbonyl (C=O) groups excluding carboxylic acids is 2. The van der Waals surface area contributed by atoms with Gasteiger partial charge in [-0.25, -0.2) is 0 Å². The maximum absolute atomic E-state index is 11.3. The molecule has 1 N–H and O–H groups in total. The van der Waals surface area contributed by atoms with E-state index in [-0.39, 0.29) is 37.2 Å². The molecule has 31 heavy (non-hydrogen) atoms. The first-order chi connectivity index (χ1) is 15.0. The smallest absolute Gasteiger partial charge is 0.309 e. The van der Waals surface area contributed by atoms with Crippen molar-refractivity contribution in [2.45, 2.75) is 103 Å². The van der Waals surface area contributed by atoms with Gasteiger partial charge in [0, 0.05) is 12.1 Å². The summed E-state index contributed by atoms with van der Waals surface area (Å²) in [6.07, 6.45) is 14.0. The minimum Gasteiger partial charge on any atom is -0.466 e. The number of nitrogens with zero attached hydrogens (tertiary/aromatic N) is 2. The Morgan fingerprint density at radius 3 is 1.48 bits per heavy atom. The average molecular weight is 432 g/mol. The van der Waals surface area contributed by atoms with Crippen molar-refractivity contribution >= 4 is 11.9 Å². The summed E-state index contributed by atoms with van der Waals surface area (Å²) >= 11 is 0. The van der Waals surface area contributed by atoms with Gasteiger partial charge >= 0.3 is 11.9 Å². The highest BCUT2D eigenvalue weighted by atomic mass is 16.5. The fourth-order valence-electron chi connectivity index (χ4n) is 4.07. The zero-order valence-corrected chi connectivity index (χ0v) is 19.1. The Balaban J connectivity index is 0.000000323. The van der Waals surface area contributed by atoms with Crippen LogP contribution in [-0.2, 0) is 19.1 Å². The number of rotatable bonds is 8. The maximum Gasteiger partial charge on any atom is 0.309 e. The number of allylic oxidation sites excluding steroid dienone is 1. The summed E-state index contributed by atoms with van der Waals surface area (Å²) in [5.41, 5.74) is -0.131. The van der Waals surface area contributed by atoms with E-state index >= 15 is 0 Å². The van der Waals surface area contributed by atoms with Crippen molar-refractivity contribution < 1.29 is 19.1 Å². The van der Waals surface area contributed by atoms with Gasteiger partial charge in [-0.1, -0.05) is 38.5 Å². The minimum absolute atomic E-state index is 0.122. The number of carbonyl (C=O) groups is 2. The molecule has 0 aromatic carbocycles. The van der Waals surface area contributed by atoms with Crippen LogP contribution in [0.5, 0.6) is 0 Å². The van der Waals surface area contributed by atoms with Crippen LogP contribution in [0, 0.1) is 22.7 Å². The Morgan fingerprint density at radius 1 is 0.774 bits per heavy atom. The topological polar surface area (TPSA) is 112 Å². The molecule has 2 aliphatic carbocycles. The molecule has 0 aliphatic heterocycles. The molecular weight excluding hydrogens is 394 g/mol. The second-order valence-corrected chi connectivity index (χ2v) is 8.00. The Morgan fingerprint density at radius 2 is 1.16 bits per heavy atom. The fourth-order valence-corrected chi connectivity index (χ4v) is 4.07. The molecule has 0 saturated heterocycles. The van der Waals surface area contributed by atoms with Crippen LogP contribution in [0.2, 0.25) is 0 Å². The van der Waals surface area contributed by atoms with Crippen LogP contribution in [0.25, 0.3) is 0 Å². The van der Waals surface area contributed by atoms with Gasteiger partial charge in [0.05, 0.1) is 26.1 Å². The summed E-state index contributed by atoms with van der Waals surface area (Å²) in [4.78, 5) is 22.6. The lowest BCUT2D eigenvalue weighted by atomic mass is 9.91.